The number of hydrogen-bond acceptors (Lipinski definition) is 11. The van der Waals surface area contributed by atoms with E-state index in [1.165, 1.54) is 17.0 Å². The number of cyclic esters (lactones) is 1. The van der Waals surface area contributed by atoms with Crippen molar-refractivity contribution < 1.29 is 37.8 Å². The summed E-state index contributed by atoms with van der Waals surface area (Å²) >= 11 is 0. The van der Waals surface area contributed by atoms with Crippen molar-refractivity contribution >= 4 is 40.3 Å². The molecule has 0 radical (unpaired) electrons. The first-order valence-corrected chi connectivity index (χ1v) is 22.8. The molecule has 4 aliphatic heterocycles. The van der Waals surface area contributed by atoms with Crippen LogP contribution in [0.25, 0.3) is 22.2 Å². The number of amides is 3. The van der Waals surface area contributed by atoms with Gasteiger partial charge in [0.05, 0.1) is 36.8 Å². The molecule has 2 aromatic heterocycles. The Balaban J connectivity index is 1.27. The number of carbonyl (C=O) groups is 4. The Morgan fingerprint density at radius 2 is 1.90 bits per heavy atom. The van der Waals surface area contributed by atoms with Gasteiger partial charge in [-0.25, -0.2) is 9.82 Å². The third-order valence-electron chi connectivity index (χ3n) is 13.5. The summed E-state index contributed by atoms with van der Waals surface area (Å²) in [4.78, 5) is 65.3. The molecular formula is C47H67FN8O7. The fraction of sp³-hybridized carbons (Fsp3) is 0.638. The van der Waals surface area contributed by atoms with Crippen molar-refractivity contribution in [2.24, 2.45) is 11.8 Å². The van der Waals surface area contributed by atoms with Crippen molar-refractivity contribution in [1.29, 1.82) is 0 Å². The second-order valence-corrected chi connectivity index (χ2v) is 18.6. The second-order valence-electron chi connectivity index (χ2n) is 18.6. The lowest BCUT2D eigenvalue weighted by atomic mass is 9.89. The van der Waals surface area contributed by atoms with Crippen LogP contribution in [0.1, 0.15) is 91.0 Å². The van der Waals surface area contributed by atoms with Gasteiger partial charge in [-0.15, -0.1) is 0 Å². The number of pyridine rings is 1. The Bertz CT molecular complexity index is 2160. The number of hydrogen-bond donors (Lipinski definition) is 3. The molecule has 6 atom stereocenters. The lowest BCUT2D eigenvalue weighted by Gasteiger charge is -2.43. The topological polar surface area (TPSA) is 160 Å². The third kappa shape index (κ3) is 9.45. The maximum absolute atomic E-state index is 16.1. The van der Waals surface area contributed by atoms with Crippen LogP contribution in [-0.2, 0) is 46.4 Å². The highest BCUT2D eigenvalue weighted by Crippen LogP contribution is 2.40. The van der Waals surface area contributed by atoms with Gasteiger partial charge in [0.15, 0.2) is 5.67 Å². The number of nitrogens with one attached hydrogen (secondary N) is 3. The van der Waals surface area contributed by atoms with Gasteiger partial charge in [-0.2, -0.15) is 0 Å². The maximum Gasteiger partial charge on any atom is 0.324 e. The Morgan fingerprint density at radius 3 is 2.62 bits per heavy atom. The Hall–Kier alpha value is -4.64. The highest BCUT2D eigenvalue weighted by Gasteiger charge is 2.48. The average Bonchev–Trinajstić information content (AvgIpc) is 3.58. The molecule has 3 aromatic rings. The smallest absolute Gasteiger partial charge is 0.324 e. The zero-order valence-electron chi connectivity index (χ0n) is 38.3. The number of esters is 1. The summed E-state index contributed by atoms with van der Waals surface area (Å²) < 4.78 is 36.6. The summed E-state index contributed by atoms with van der Waals surface area (Å²) in [6.07, 6.45) is 2.76. The minimum atomic E-state index is -2.10. The number of anilines is 1. The van der Waals surface area contributed by atoms with Gasteiger partial charge < -0.3 is 39.2 Å². The van der Waals surface area contributed by atoms with Crippen LogP contribution < -0.4 is 21.0 Å². The molecule has 16 heteroatoms. The highest BCUT2D eigenvalue weighted by molar-refractivity contribution is 5.97. The van der Waals surface area contributed by atoms with E-state index in [1.54, 1.807) is 34.1 Å². The second kappa shape index (κ2) is 19.2. The largest absolute Gasteiger partial charge is 0.464 e. The minimum absolute atomic E-state index is 0.0103. The number of carbonyl (C=O) groups excluding carboxylic acids is 4. The third-order valence-corrected chi connectivity index (χ3v) is 13.5. The number of halogens is 1. The summed E-state index contributed by atoms with van der Waals surface area (Å²) in [5.41, 5.74) is 5.57. The van der Waals surface area contributed by atoms with E-state index in [0.717, 1.165) is 39.1 Å². The summed E-state index contributed by atoms with van der Waals surface area (Å²) in [6, 6.07) is 8.71. The fourth-order valence-corrected chi connectivity index (χ4v) is 10.1. The van der Waals surface area contributed by atoms with Crippen molar-refractivity contribution in [1.82, 2.24) is 35.5 Å². The minimum Gasteiger partial charge on any atom is -0.464 e. The molecule has 4 aliphatic rings. The summed E-state index contributed by atoms with van der Waals surface area (Å²) in [7, 11) is 3.15. The molecule has 3 amide bonds. The van der Waals surface area contributed by atoms with Crippen LogP contribution in [0.5, 0.6) is 0 Å². The van der Waals surface area contributed by atoms with Gasteiger partial charge in [0.2, 0.25) is 5.91 Å². The number of methoxy groups -OCH3 is 1. The molecular weight excluding hydrogens is 808 g/mol. The number of benzene rings is 1. The van der Waals surface area contributed by atoms with Crippen molar-refractivity contribution in [3.8, 4) is 11.3 Å². The number of rotatable bonds is 9. The molecule has 344 valence electrons. The molecule has 3 N–H and O–H groups in total. The SMILES string of the molecule is CCn1c(-c2cccnc2[C@H](C)OC)c2c3cc(ccc31)N1CCO[C@H](C1)C[C@](C)(NC(=O)[C@H](C(C)C)N(C)C(=O)C1(F)CCNCC1)C(=O)N1CCC[C@H](N1)C(=O)OCC(C)C2. The molecule has 6 bridgehead atoms. The van der Waals surface area contributed by atoms with Crippen molar-refractivity contribution in [3.05, 3.63) is 47.8 Å². The number of alkyl halides is 1. The zero-order valence-corrected chi connectivity index (χ0v) is 38.3. The number of aryl methyl sites for hydroxylation is 1. The van der Waals surface area contributed by atoms with Gasteiger partial charge in [-0.1, -0.05) is 20.8 Å². The van der Waals surface area contributed by atoms with E-state index in [4.69, 9.17) is 19.2 Å². The number of ether oxygens (including phenoxy) is 3. The Kier molecular flexibility index (Phi) is 14.1. The lowest BCUT2D eigenvalue weighted by Crippen LogP contribution is -2.68. The van der Waals surface area contributed by atoms with Gasteiger partial charge in [-0.05, 0) is 101 Å². The van der Waals surface area contributed by atoms with Crippen LogP contribution in [0, 0.1) is 11.8 Å². The van der Waals surface area contributed by atoms with E-state index in [2.05, 4.69) is 63.6 Å². The zero-order chi connectivity index (χ0) is 45.2. The average molecular weight is 875 g/mol. The predicted molar refractivity (Wildman–Crippen MR) is 238 cm³/mol. The van der Waals surface area contributed by atoms with Gasteiger partial charge in [0.25, 0.3) is 11.8 Å². The van der Waals surface area contributed by atoms with E-state index in [1.807, 2.05) is 13.0 Å². The van der Waals surface area contributed by atoms with Crippen LogP contribution in [0.3, 0.4) is 0 Å². The first-order chi connectivity index (χ1) is 30.1. The van der Waals surface area contributed by atoms with Crippen LogP contribution in [0.4, 0.5) is 10.1 Å². The number of nitrogens with zero attached hydrogens (tertiary/aromatic N) is 5. The number of piperidine rings is 1. The van der Waals surface area contributed by atoms with Gasteiger partial charge in [0.1, 0.15) is 17.6 Å². The van der Waals surface area contributed by atoms with E-state index in [-0.39, 0.29) is 37.9 Å². The Labute approximate surface area is 370 Å². The molecule has 0 spiro atoms. The summed E-state index contributed by atoms with van der Waals surface area (Å²) in [6.45, 7) is 14.8. The monoisotopic (exact) mass is 875 g/mol. The normalized spacial score (nSPS) is 25.6. The molecule has 6 heterocycles. The molecule has 1 aromatic carbocycles. The van der Waals surface area contributed by atoms with E-state index in [9.17, 15) is 19.2 Å². The molecule has 1 unspecified atom stereocenters. The standard InChI is InChI=1S/C47H67FN8O7/c1-9-55-38-15-14-32-25-35(38)36(41(55)34-12-10-18-50-39(34)31(5)61-8)24-30(4)28-63-43(58)37-13-11-21-56(52-37)44(59)46(6,26-33-27-54(32)22-23-62-33)51-42(57)40(29(2)3)53(7)45(60)47(48)16-19-49-20-17-47/h10,12,14-15,18,25,29-31,33,37,40,49,52H,9,11,13,16-17,19-24,26-28H2,1-8H3,(H,51,57)/t30?,31-,33-,37-,40-,46-/m0/s1. The Morgan fingerprint density at radius 1 is 1.14 bits per heavy atom. The maximum atomic E-state index is 16.1. The lowest BCUT2D eigenvalue weighted by molar-refractivity contribution is -0.157. The first-order valence-electron chi connectivity index (χ1n) is 22.8. The molecule has 3 saturated heterocycles. The van der Waals surface area contributed by atoms with E-state index < -0.39 is 59.0 Å². The summed E-state index contributed by atoms with van der Waals surface area (Å²) in [5, 5.41) is 8.66. The van der Waals surface area contributed by atoms with Gasteiger partial charge >= 0.3 is 5.97 Å². The predicted octanol–water partition coefficient (Wildman–Crippen LogP) is 4.71. The van der Waals surface area contributed by atoms with Gasteiger partial charge in [0, 0.05) is 87.9 Å². The quantitative estimate of drug-likeness (QED) is 0.256. The van der Waals surface area contributed by atoms with Gasteiger partial charge in [-0.3, -0.25) is 29.2 Å². The number of fused-ring (bicyclic) bond motifs is 6. The van der Waals surface area contributed by atoms with Crippen LogP contribution in [-0.4, -0.2) is 133 Å². The molecule has 63 heavy (non-hydrogen) atoms. The van der Waals surface area contributed by atoms with E-state index >= 15 is 4.39 Å². The van der Waals surface area contributed by atoms with E-state index in [0.29, 0.717) is 65.1 Å². The number of likely N-dealkylation sites (N-methyl/N-ethyl adjacent to an activating group) is 1. The molecule has 15 nitrogen and oxygen atoms in total. The number of morpholine rings is 1. The van der Waals surface area contributed by atoms with Crippen LogP contribution in [0.15, 0.2) is 36.5 Å². The molecule has 0 saturated carbocycles. The fourth-order valence-electron chi connectivity index (χ4n) is 10.1. The van der Waals surface area contributed by atoms with Crippen molar-refractivity contribution in [3.63, 3.8) is 0 Å². The van der Waals surface area contributed by atoms with Crippen molar-refractivity contribution in [2.75, 3.05) is 65.0 Å². The van der Waals surface area contributed by atoms with Crippen molar-refractivity contribution in [2.45, 2.75) is 122 Å². The molecule has 0 aliphatic carbocycles. The highest BCUT2D eigenvalue weighted by atomic mass is 19.1. The summed E-state index contributed by atoms with van der Waals surface area (Å²) in [5.74, 6) is -2.70. The molecule has 3 fully saturated rings. The number of hydrazine groups is 1. The van der Waals surface area contributed by atoms with Crippen LogP contribution >= 0.6 is 0 Å². The molecule has 7 rings (SSSR count). The first kappa shape index (κ1) is 46.4. The van der Waals surface area contributed by atoms with Crippen LogP contribution in [0.2, 0.25) is 0 Å². The number of aromatic nitrogens is 2.